The Hall–Kier alpha value is -5.15. The predicted molar refractivity (Wildman–Crippen MR) is 238 cm³/mol. The maximum Gasteiger partial charge on any atom is 0.269 e. The number of ether oxygens (including phenoxy) is 1. The van der Waals surface area contributed by atoms with Crippen LogP contribution in [0.15, 0.2) is 120 Å². The molecule has 4 aromatic carbocycles. The van der Waals surface area contributed by atoms with Crippen LogP contribution < -0.4 is 19.3 Å². The zero-order valence-corrected chi connectivity index (χ0v) is 35.0. The number of hydrogen-bond acceptors (Lipinski definition) is 6. The monoisotopic (exact) mass is 792 g/mol. The second kappa shape index (κ2) is 16.5. The lowest BCUT2D eigenvalue weighted by Crippen LogP contribution is -2.36. The highest BCUT2D eigenvalue weighted by molar-refractivity contribution is 7.19. The van der Waals surface area contributed by atoms with Gasteiger partial charge >= 0.3 is 0 Å². The molecule has 56 heavy (non-hydrogen) atoms. The lowest BCUT2D eigenvalue weighted by Gasteiger charge is -2.14. The minimum atomic E-state index is 0.0177. The molecule has 0 amide bonds. The van der Waals surface area contributed by atoms with Crippen molar-refractivity contribution < 1.29 is 9.30 Å². The molecule has 0 bridgehead atoms. The number of benzene rings is 4. The normalized spacial score (nSPS) is 15.0. The van der Waals surface area contributed by atoms with Gasteiger partial charge < -0.3 is 4.74 Å². The van der Waals surface area contributed by atoms with Crippen LogP contribution in [-0.2, 0) is 17.8 Å². The third kappa shape index (κ3) is 7.18. The molecular weight excluding hydrogens is 747 g/mol. The van der Waals surface area contributed by atoms with Gasteiger partial charge in [0.2, 0.25) is 5.69 Å². The van der Waals surface area contributed by atoms with E-state index in [-0.39, 0.29) is 11.5 Å². The minimum Gasteiger partial charge on any atom is -0.498 e. The molecule has 0 fully saturated rings. The predicted octanol–water partition coefficient (Wildman–Crippen LogP) is 10.6. The van der Waals surface area contributed by atoms with E-state index >= 15 is 0 Å². The fourth-order valence-electron chi connectivity index (χ4n) is 7.92. The first-order chi connectivity index (χ1) is 27.4. The summed E-state index contributed by atoms with van der Waals surface area (Å²) in [5, 5.41) is 2.19. The van der Waals surface area contributed by atoms with Gasteiger partial charge in [-0.25, -0.2) is 4.98 Å². The van der Waals surface area contributed by atoms with Crippen molar-refractivity contribution in [3.63, 3.8) is 0 Å². The van der Waals surface area contributed by atoms with Crippen molar-refractivity contribution in [2.45, 2.75) is 66.5 Å². The Morgan fingerprint density at radius 2 is 1.61 bits per heavy atom. The Bertz CT molecular complexity index is 2750. The quantitative estimate of drug-likeness (QED) is 0.0915. The van der Waals surface area contributed by atoms with Crippen molar-refractivity contribution in [1.82, 2.24) is 9.55 Å². The molecular formula is C48H46N3O2S3+. The fourth-order valence-corrected chi connectivity index (χ4v) is 11.4. The molecule has 1 aliphatic rings. The van der Waals surface area contributed by atoms with Crippen LogP contribution in [0.4, 0.5) is 0 Å². The first-order valence-corrected chi connectivity index (χ1v) is 22.0. The highest BCUT2D eigenvalue weighted by Gasteiger charge is 2.33. The van der Waals surface area contributed by atoms with Crippen LogP contribution in [0.1, 0.15) is 73.2 Å². The van der Waals surface area contributed by atoms with Gasteiger partial charge in [0.15, 0.2) is 0 Å². The molecule has 1 aliphatic carbocycles. The number of hydrogen-bond donors (Lipinski definition) is 0. The standard InChI is InChI=1S/C48H46N3O2S3/c1-6-35-37-28-31(5)24-26-36(37)38(44(35)47-49-39-22-16-17-23-40(39)55-47)29-34(53-9-4)25-27-41-48(52)51(8-3)43(54-41)30-42-50(7-2)45(32-18-12-10-13-19-32)46(56-42)33-20-14-11-15-21-33/h10-28,30,35H,6-9,29H2,1-5H3/q+1. The van der Waals surface area contributed by atoms with Crippen LogP contribution in [0.5, 0.6) is 0 Å². The van der Waals surface area contributed by atoms with E-state index in [1.54, 1.807) is 34.0 Å². The van der Waals surface area contributed by atoms with E-state index < -0.39 is 0 Å². The lowest BCUT2D eigenvalue weighted by molar-refractivity contribution is -0.679. The lowest BCUT2D eigenvalue weighted by atomic mass is 9.92. The number of para-hydroxylation sites is 1. The van der Waals surface area contributed by atoms with E-state index in [4.69, 9.17) is 9.72 Å². The van der Waals surface area contributed by atoms with Crippen molar-refractivity contribution in [2.75, 3.05) is 6.61 Å². The number of fused-ring (bicyclic) bond motifs is 2. The molecule has 282 valence electrons. The van der Waals surface area contributed by atoms with Gasteiger partial charge in [0.1, 0.15) is 26.9 Å². The van der Waals surface area contributed by atoms with Crippen LogP contribution in [0.3, 0.4) is 0 Å². The van der Waals surface area contributed by atoms with Gasteiger partial charge in [-0.05, 0) is 98.4 Å². The first-order valence-electron chi connectivity index (χ1n) is 19.5. The van der Waals surface area contributed by atoms with Crippen molar-refractivity contribution in [3.05, 3.63) is 161 Å². The van der Waals surface area contributed by atoms with Crippen LogP contribution in [0.2, 0.25) is 0 Å². The maximum atomic E-state index is 14.0. The fraction of sp³-hybridized carbons (Fsp3) is 0.229. The summed E-state index contributed by atoms with van der Waals surface area (Å²) in [6, 6.07) is 36.4. The van der Waals surface area contributed by atoms with Gasteiger partial charge in [0, 0.05) is 24.4 Å². The number of rotatable bonds is 12. The van der Waals surface area contributed by atoms with Gasteiger partial charge in [-0.3, -0.25) is 9.36 Å². The SMILES string of the molecule is CCOC(=CC=c1sc(=Cc2sc(-c3ccccc3)c(-c3ccccc3)[n+]2CC)n(CC)c1=O)CC1=C(c2nc3ccccc3s2)C(CC)c2cc(C)ccc21. The second-order valence-electron chi connectivity index (χ2n) is 13.9. The molecule has 0 radical (unpaired) electrons. The summed E-state index contributed by atoms with van der Waals surface area (Å²) < 4.78 is 13.5. The van der Waals surface area contributed by atoms with Gasteiger partial charge in [0.25, 0.3) is 10.6 Å². The number of nitrogens with zero attached hydrogens (tertiary/aromatic N) is 3. The van der Waals surface area contributed by atoms with E-state index in [2.05, 4.69) is 135 Å². The third-order valence-electron chi connectivity index (χ3n) is 10.5. The highest BCUT2D eigenvalue weighted by Crippen LogP contribution is 2.52. The molecule has 8 rings (SSSR count). The summed E-state index contributed by atoms with van der Waals surface area (Å²) in [5.74, 6) is 1.10. The Labute approximate surface area is 340 Å². The highest BCUT2D eigenvalue weighted by atomic mass is 32.1. The van der Waals surface area contributed by atoms with Crippen LogP contribution in [-0.4, -0.2) is 16.2 Å². The van der Waals surface area contributed by atoms with E-state index in [1.807, 2.05) is 30.6 Å². The molecule has 0 saturated heterocycles. The summed E-state index contributed by atoms with van der Waals surface area (Å²) in [6.45, 7) is 12.6. The molecule has 1 unspecified atom stereocenters. The molecule has 0 aliphatic heterocycles. The number of aromatic nitrogens is 3. The topological polar surface area (TPSA) is 48.0 Å². The molecule has 0 spiro atoms. The number of aryl methyl sites for hydroxylation is 1. The molecule has 7 aromatic rings. The zero-order chi connectivity index (χ0) is 38.8. The molecule has 5 nitrogen and oxygen atoms in total. The van der Waals surface area contributed by atoms with E-state index in [1.165, 1.54) is 54.2 Å². The zero-order valence-electron chi connectivity index (χ0n) is 32.5. The summed E-state index contributed by atoms with van der Waals surface area (Å²) >= 11 is 5.09. The van der Waals surface area contributed by atoms with Crippen molar-refractivity contribution in [3.8, 4) is 21.7 Å². The van der Waals surface area contributed by atoms with E-state index in [9.17, 15) is 4.79 Å². The Balaban J connectivity index is 1.24. The van der Waals surface area contributed by atoms with Gasteiger partial charge in [-0.1, -0.05) is 103 Å². The molecule has 1 atom stereocenters. The number of thiazole rings is 3. The number of allylic oxidation sites excluding steroid dienone is 3. The minimum absolute atomic E-state index is 0.0177. The first kappa shape index (κ1) is 37.8. The van der Waals surface area contributed by atoms with E-state index in [0.29, 0.717) is 24.1 Å². The van der Waals surface area contributed by atoms with Crippen LogP contribution in [0.25, 0.3) is 55.2 Å². The van der Waals surface area contributed by atoms with E-state index in [0.717, 1.165) is 38.9 Å². The largest absolute Gasteiger partial charge is 0.498 e. The van der Waals surface area contributed by atoms with Crippen molar-refractivity contribution >= 4 is 67.5 Å². The van der Waals surface area contributed by atoms with Gasteiger partial charge in [0.05, 0.1) is 27.4 Å². The molecule has 0 saturated carbocycles. The maximum absolute atomic E-state index is 14.0. The second-order valence-corrected chi connectivity index (χ2v) is 17.1. The van der Waals surface area contributed by atoms with Crippen LogP contribution >= 0.6 is 34.0 Å². The smallest absolute Gasteiger partial charge is 0.269 e. The van der Waals surface area contributed by atoms with Gasteiger partial charge in [-0.2, -0.15) is 4.57 Å². The third-order valence-corrected chi connectivity index (χ3v) is 13.8. The van der Waals surface area contributed by atoms with Crippen molar-refractivity contribution in [1.29, 1.82) is 0 Å². The summed E-state index contributed by atoms with van der Waals surface area (Å²) in [7, 11) is 0. The summed E-state index contributed by atoms with van der Waals surface area (Å²) in [4.78, 5) is 20.4. The van der Waals surface area contributed by atoms with Crippen LogP contribution in [0, 0.1) is 6.92 Å². The summed E-state index contributed by atoms with van der Waals surface area (Å²) in [6.07, 6.45) is 7.79. The molecule has 8 heteroatoms. The Morgan fingerprint density at radius 1 is 0.875 bits per heavy atom. The molecule has 0 N–H and O–H groups in total. The molecule has 3 aromatic heterocycles. The Kier molecular flexibility index (Phi) is 11.1. The average Bonchev–Trinajstić information content (AvgIpc) is 3.97. The van der Waals surface area contributed by atoms with Crippen molar-refractivity contribution in [2.24, 2.45) is 0 Å². The Morgan fingerprint density at radius 3 is 2.30 bits per heavy atom. The summed E-state index contributed by atoms with van der Waals surface area (Å²) in [5.41, 5.74) is 11.1. The van der Waals surface area contributed by atoms with Gasteiger partial charge in [-0.15, -0.1) is 22.7 Å². The average molecular weight is 793 g/mol. The molecule has 3 heterocycles.